The molecular weight excluding hydrogens is 499 g/mol. The van der Waals surface area contributed by atoms with Gasteiger partial charge in [0.15, 0.2) is 0 Å². The van der Waals surface area contributed by atoms with E-state index < -0.39 is 47.3 Å². The van der Waals surface area contributed by atoms with Crippen molar-refractivity contribution in [2.24, 2.45) is 0 Å². The quantitative estimate of drug-likeness (QED) is 0.374. The maximum absolute atomic E-state index is 14.0. The summed E-state index contributed by atoms with van der Waals surface area (Å²) < 4.78 is 86.9. The Morgan fingerprint density at radius 3 is 2.36 bits per heavy atom. The largest absolute Gasteiger partial charge is 1.00 e. The zero-order chi connectivity index (χ0) is 25.3. The Labute approximate surface area is 223 Å². The summed E-state index contributed by atoms with van der Waals surface area (Å²) in [7, 11) is 0. The number of allylic oxidation sites excluding steroid dienone is 2. The maximum Gasteiger partial charge on any atom is 1.00 e. The minimum absolute atomic E-state index is 0. The van der Waals surface area contributed by atoms with Crippen molar-refractivity contribution in [3.63, 3.8) is 0 Å². The zero-order valence-electron chi connectivity index (χ0n) is 18.9. The van der Waals surface area contributed by atoms with Crippen LogP contribution in [-0.4, -0.2) is 11.0 Å². The van der Waals surface area contributed by atoms with Gasteiger partial charge in [0.25, 0.3) is 0 Å². The minimum Gasteiger partial charge on any atom is -0.545 e. The molecule has 1 aromatic heterocycles. The van der Waals surface area contributed by atoms with Gasteiger partial charge in [-0.3, -0.25) is 0 Å². The Morgan fingerprint density at radius 1 is 0.972 bits per heavy atom. The number of nitrogens with zero attached hydrogens (tertiary/aromatic N) is 1. The summed E-state index contributed by atoms with van der Waals surface area (Å²) in [5, 5.41) is 11.2. The van der Waals surface area contributed by atoms with Crippen LogP contribution in [0.5, 0.6) is 5.88 Å². The smallest absolute Gasteiger partial charge is 0.545 e. The Hall–Kier alpha value is -2.82. The van der Waals surface area contributed by atoms with Crippen molar-refractivity contribution in [3.05, 3.63) is 93.9 Å². The van der Waals surface area contributed by atoms with Crippen LogP contribution in [0.4, 0.5) is 26.3 Å². The van der Waals surface area contributed by atoms with E-state index in [9.17, 15) is 36.2 Å². The van der Waals surface area contributed by atoms with Gasteiger partial charge in [-0.05, 0) is 66.3 Å². The number of carbonyl (C=O) groups is 1. The van der Waals surface area contributed by atoms with E-state index in [1.165, 1.54) is 6.07 Å². The van der Waals surface area contributed by atoms with Crippen molar-refractivity contribution >= 4 is 17.1 Å². The monoisotopic (exact) mass is 515 g/mol. The van der Waals surface area contributed by atoms with Crippen molar-refractivity contribution in [2.45, 2.75) is 32.0 Å². The van der Waals surface area contributed by atoms with Crippen molar-refractivity contribution in [1.29, 1.82) is 0 Å². The second-order valence-electron chi connectivity index (χ2n) is 7.89. The molecule has 0 aliphatic heterocycles. The van der Waals surface area contributed by atoms with E-state index in [-0.39, 0.29) is 46.6 Å². The Morgan fingerprint density at radius 2 is 1.69 bits per heavy atom. The van der Waals surface area contributed by atoms with E-state index in [0.717, 1.165) is 30.3 Å². The summed E-state index contributed by atoms with van der Waals surface area (Å²) in [6.45, 7) is -0.425. The van der Waals surface area contributed by atoms with Gasteiger partial charge in [-0.1, -0.05) is 6.07 Å². The third-order valence-electron chi connectivity index (χ3n) is 5.64. The standard InChI is InChI=1S/C25H17F6NO3.Na/c26-16-6-4-14(22(28)10-16)12-35-23-19(9-15(11-32-23)25(29,30)31)18-3-1-2-17(18)13-5-7-21(27)20(8-13)24(33)34;/h4-11H,1-3,12H2,(H,33,34);/q;+1/p-1. The van der Waals surface area contributed by atoms with Crippen LogP contribution in [0, 0.1) is 17.5 Å². The molecule has 3 aromatic rings. The molecule has 0 bridgehead atoms. The van der Waals surface area contributed by atoms with Crippen molar-refractivity contribution in [1.82, 2.24) is 4.98 Å². The Bertz CT molecular complexity index is 1340. The van der Waals surface area contributed by atoms with E-state index >= 15 is 0 Å². The van der Waals surface area contributed by atoms with E-state index in [2.05, 4.69) is 4.98 Å². The summed E-state index contributed by atoms with van der Waals surface area (Å²) in [6, 6.07) is 7.02. The van der Waals surface area contributed by atoms with Crippen LogP contribution in [0.25, 0.3) is 11.1 Å². The summed E-state index contributed by atoms with van der Waals surface area (Å²) >= 11 is 0. The first-order chi connectivity index (χ1) is 16.5. The van der Waals surface area contributed by atoms with E-state index in [1.807, 2.05) is 0 Å². The number of ether oxygens (including phenoxy) is 1. The number of hydrogen-bond donors (Lipinski definition) is 0. The van der Waals surface area contributed by atoms with E-state index in [0.29, 0.717) is 48.2 Å². The number of aromatic carboxylic acids is 1. The number of carboxylic acids is 1. The van der Waals surface area contributed by atoms with Gasteiger partial charge in [0.2, 0.25) is 5.88 Å². The number of aromatic nitrogens is 1. The van der Waals surface area contributed by atoms with Gasteiger partial charge in [0, 0.05) is 29.0 Å². The summed E-state index contributed by atoms with van der Waals surface area (Å²) in [5.74, 6) is -4.62. The van der Waals surface area contributed by atoms with Crippen LogP contribution >= 0.6 is 0 Å². The molecule has 4 rings (SSSR count). The van der Waals surface area contributed by atoms with Crippen LogP contribution in [0.3, 0.4) is 0 Å². The molecule has 0 N–H and O–H groups in total. The van der Waals surface area contributed by atoms with Crippen LogP contribution < -0.4 is 39.4 Å². The van der Waals surface area contributed by atoms with Crippen LogP contribution in [-0.2, 0) is 12.8 Å². The second kappa shape index (κ2) is 11.1. The summed E-state index contributed by atoms with van der Waals surface area (Å²) in [5.41, 5.74) is -0.523. The predicted molar refractivity (Wildman–Crippen MR) is 111 cm³/mol. The molecule has 182 valence electrons. The SMILES string of the molecule is O=C([O-])c1cc(C2=C(c3cc(C(F)(F)F)cnc3OCc3ccc(F)cc3F)CCC2)ccc1F.[Na+]. The average molecular weight is 515 g/mol. The maximum atomic E-state index is 14.0. The number of alkyl halides is 3. The van der Waals surface area contributed by atoms with E-state index in [4.69, 9.17) is 4.74 Å². The van der Waals surface area contributed by atoms with Gasteiger partial charge in [0.05, 0.1) is 11.5 Å². The van der Waals surface area contributed by atoms with Gasteiger partial charge in [-0.15, -0.1) is 0 Å². The van der Waals surface area contributed by atoms with Crippen LogP contribution in [0.1, 0.15) is 51.9 Å². The second-order valence-corrected chi connectivity index (χ2v) is 7.89. The number of rotatable bonds is 6. The molecule has 0 saturated heterocycles. The first-order valence-electron chi connectivity index (χ1n) is 10.4. The molecule has 0 fully saturated rings. The molecule has 1 aliphatic rings. The molecule has 0 atom stereocenters. The van der Waals surface area contributed by atoms with Gasteiger partial charge >= 0.3 is 35.7 Å². The number of pyridine rings is 1. The molecule has 0 unspecified atom stereocenters. The van der Waals surface area contributed by atoms with Crippen LogP contribution in [0.2, 0.25) is 0 Å². The first-order valence-corrected chi connectivity index (χ1v) is 10.4. The molecule has 36 heavy (non-hydrogen) atoms. The number of hydrogen-bond acceptors (Lipinski definition) is 4. The normalized spacial score (nSPS) is 13.5. The third kappa shape index (κ3) is 5.93. The summed E-state index contributed by atoms with van der Waals surface area (Å²) in [6.07, 6.45) is -2.89. The van der Waals surface area contributed by atoms with Crippen molar-refractivity contribution < 1.29 is 70.5 Å². The fraction of sp³-hybridized carbons (Fsp3) is 0.200. The number of carbonyl (C=O) groups excluding carboxylic acids is 1. The van der Waals surface area contributed by atoms with E-state index in [1.54, 1.807) is 0 Å². The molecule has 4 nitrogen and oxygen atoms in total. The molecule has 2 aromatic carbocycles. The number of carboxylic acid groups (broad SMARTS) is 1. The molecule has 0 amide bonds. The van der Waals surface area contributed by atoms with Gasteiger partial charge < -0.3 is 14.6 Å². The molecule has 0 saturated carbocycles. The number of halogens is 6. The predicted octanol–water partition coefficient (Wildman–Crippen LogP) is 2.56. The molecule has 0 spiro atoms. The Kier molecular flexibility index (Phi) is 8.53. The number of benzene rings is 2. The van der Waals surface area contributed by atoms with Gasteiger partial charge in [-0.2, -0.15) is 13.2 Å². The third-order valence-corrected chi connectivity index (χ3v) is 5.64. The summed E-state index contributed by atoms with van der Waals surface area (Å²) in [4.78, 5) is 15.0. The van der Waals surface area contributed by atoms with Crippen molar-refractivity contribution in [3.8, 4) is 5.88 Å². The fourth-order valence-electron chi connectivity index (χ4n) is 3.95. The first kappa shape index (κ1) is 27.8. The zero-order valence-corrected chi connectivity index (χ0v) is 20.9. The molecule has 1 heterocycles. The van der Waals surface area contributed by atoms with Crippen LogP contribution in [0.15, 0.2) is 48.7 Å². The van der Waals surface area contributed by atoms with Crippen molar-refractivity contribution in [2.75, 3.05) is 0 Å². The molecule has 11 heteroatoms. The molecule has 0 radical (unpaired) electrons. The van der Waals surface area contributed by atoms with Gasteiger partial charge in [0.1, 0.15) is 24.1 Å². The minimum atomic E-state index is -4.71. The average Bonchev–Trinajstić information content (AvgIpc) is 3.27. The molecular formula is C25H16F6NNaO3. The fourth-order valence-corrected chi connectivity index (χ4v) is 3.95. The molecule has 1 aliphatic carbocycles. The Balaban J connectivity index is 0.00000361. The van der Waals surface area contributed by atoms with Gasteiger partial charge in [-0.25, -0.2) is 18.2 Å². The topological polar surface area (TPSA) is 62.2 Å².